The molecule has 0 spiro atoms. The van der Waals surface area contributed by atoms with Gasteiger partial charge in [-0.25, -0.2) is 15.8 Å². The minimum atomic E-state index is -4.38. The van der Waals surface area contributed by atoms with Crippen molar-refractivity contribution < 1.29 is 22.8 Å². The van der Waals surface area contributed by atoms with Crippen molar-refractivity contribution in [2.75, 3.05) is 56.6 Å². The number of nitrogens with zero attached hydrogens (tertiary/aromatic N) is 6. The predicted molar refractivity (Wildman–Crippen MR) is 198 cm³/mol. The first-order valence-corrected chi connectivity index (χ1v) is 18.1. The molecule has 4 heterocycles. The van der Waals surface area contributed by atoms with Crippen LogP contribution >= 0.6 is 12.6 Å². The molecule has 0 saturated carbocycles. The smallest absolute Gasteiger partial charge is 0.358 e. The lowest BCUT2D eigenvalue weighted by Gasteiger charge is -2.34. The van der Waals surface area contributed by atoms with Crippen LogP contribution in [0.4, 0.5) is 24.8 Å². The van der Waals surface area contributed by atoms with Gasteiger partial charge < -0.3 is 31.2 Å². The number of aromatic nitrogens is 4. The van der Waals surface area contributed by atoms with E-state index < -0.39 is 11.7 Å². The van der Waals surface area contributed by atoms with Gasteiger partial charge in [0.25, 0.3) is 0 Å². The normalized spacial score (nSPS) is 16.4. The van der Waals surface area contributed by atoms with Gasteiger partial charge in [-0.1, -0.05) is 19.1 Å². The number of hydrogen-bond donors (Lipinski definition) is 6. The van der Waals surface area contributed by atoms with Gasteiger partial charge in [-0.15, -0.1) is 12.6 Å². The molecule has 6 N–H and O–H groups in total. The van der Waals surface area contributed by atoms with Crippen molar-refractivity contribution in [2.45, 2.75) is 82.1 Å². The first kappa shape index (κ1) is 40.8. The summed E-state index contributed by atoms with van der Waals surface area (Å²) in [6, 6.07) is 6.62. The molecule has 286 valence electrons. The van der Waals surface area contributed by atoms with Crippen molar-refractivity contribution in [1.29, 1.82) is 0 Å². The molecule has 1 aromatic carbocycles. The summed E-state index contributed by atoms with van der Waals surface area (Å²) in [4.78, 5) is 33.2. The molecule has 2 aliphatic heterocycles. The molecule has 17 heteroatoms. The van der Waals surface area contributed by atoms with Crippen LogP contribution in [-0.4, -0.2) is 89.3 Å². The van der Waals surface area contributed by atoms with E-state index in [1.54, 1.807) is 5.01 Å². The van der Waals surface area contributed by atoms with Crippen LogP contribution in [0.15, 0.2) is 41.7 Å². The fourth-order valence-electron chi connectivity index (χ4n) is 6.40. The third-order valence-electron chi connectivity index (χ3n) is 9.24. The molecule has 2 aliphatic rings. The number of amides is 2. The summed E-state index contributed by atoms with van der Waals surface area (Å²) in [6.07, 6.45) is 4.14. The highest BCUT2D eigenvalue weighted by Crippen LogP contribution is 2.32. The lowest BCUT2D eigenvalue weighted by Crippen LogP contribution is -2.37. The molecule has 5 rings (SSSR count). The van der Waals surface area contributed by atoms with Crippen LogP contribution in [0, 0.1) is 12.8 Å². The number of rotatable bonds is 14. The van der Waals surface area contributed by atoms with Crippen LogP contribution in [0.2, 0.25) is 0 Å². The van der Waals surface area contributed by atoms with E-state index in [0.29, 0.717) is 31.3 Å². The van der Waals surface area contributed by atoms with E-state index in [9.17, 15) is 22.8 Å². The fraction of sp³-hybridized carbons (Fsp3) is 0.571. The predicted octanol–water partition coefficient (Wildman–Crippen LogP) is 3.72. The SMILES string of the molecule is Cc1nn(CC(C)CN2CCC(c3ccc(CNC(=O)CCNC=O)c(N(C)N)c3)CC2)cc1S.FC(F)(F)c1cnc(NC2CCNCC2)nc1. The Morgan fingerprint density at radius 2 is 1.85 bits per heavy atom. The highest BCUT2D eigenvalue weighted by atomic mass is 32.1. The van der Waals surface area contributed by atoms with Gasteiger partial charge >= 0.3 is 6.18 Å². The quantitative estimate of drug-likeness (QED) is 0.0473. The van der Waals surface area contributed by atoms with Gasteiger partial charge in [0.2, 0.25) is 18.3 Å². The third kappa shape index (κ3) is 12.9. The zero-order valence-corrected chi connectivity index (χ0v) is 31.0. The number of hydrazine groups is 1. The van der Waals surface area contributed by atoms with Gasteiger partial charge in [0, 0.05) is 69.2 Å². The lowest BCUT2D eigenvalue weighted by atomic mass is 9.88. The number of piperidine rings is 2. The molecular weight excluding hydrogens is 696 g/mol. The molecule has 13 nitrogen and oxygen atoms in total. The van der Waals surface area contributed by atoms with Crippen LogP contribution in [0.3, 0.4) is 0 Å². The maximum absolute atomic E-state index is 12.3. The Kier molecular flexibility index (Phi) is 15.5. The Hall–Kier alpha value is -3.93. The minimum Gasteiger partial charge on any atom is -0.358 e. The molecule has 2 aromatic heterocycles. The van der Waals surface area contributed by atoms with Gasteiger partial charge in [0.15, 0.2) is 0 Å². The van der Waals surface area contributed by atoms with Crippen LogP contribution in [0.25, 0.3) is 0 Å². The zero-order valence-electron chi connectivity index (χ0n) is 30.1. The van der Waals surface area contributed by atoms with Crippen molar-refractivity contribution in [3.05, 3.63) is 59.2 Å². The first-order valence-electron chi connectivity index (χ1n) is 17.7. The van der Waals surface area contributed by atoms with Crippen molar-refractivity contribution in [3.63, 3.8) is 0 Å². The van der Waals surface area contributed by atoms with E-state index in [-0.39, 0.29) is 24.3 Å². The summed E-state index contributed by atoms with van der Waals surface area (Å²) in [5, 5.41) is 17.8. The van der Waals surface area contributed by atoms with Gasteiger partial charge in [-0.3, -0.25) is 14.3 Å². The summed E-state index contributed by atoms with van der Waals surface area (Å²) < 4.78 is 38.8. The second-order valence-electron chi connectivity index (χ2n) is 13.6. The number of thiol groups is 1. The van der Waals surface area contributed by atoms with Crippen LogP contribution in [-0.2, 0) is 28.9 Å². The Morgan fingerprint density at radius 3 is 2.44 bits per heavy atom. The number of alkyl halides is 3. The van der Waals surface area contributed by atoms with Gasteiger partial charge in [-0.05, 0) is 87.8 Å². The Bertz CT molecular complexity index is 1540. The van der Waals surface area contributed by atoms with Crippen LogP contribution in [0.5, 0.6) is 0 Å². The van der Waals surface area contributed by atoms with E-state index in [0.717, 1.165) is 99.2 Å². The number of anilines is 2. The number of aryl methyl sites for hydroxylation is 1. The Labute approximate surface area is 309 Å². The van der Waals surface area contributed by atoms with Crippen LogP contribution in [0.1, 0.15) is 67.3 Å². The molecule has 2 amide bonds. The van der Waals surface area contributed by atoms with E-state index in [1.165, 1.54) is 5.56 Å². The number of nitrogens with one attached hydrogen (secondary N) is 4. The second-order valence-corrected chi connectivity index (χ2v) is 14.0. The molecule has 0 radical (unpaired) electrons. The number of benzene rings is 1. The Balaban J connectivity index is 0.000000296. The molecule has 2 fully saturated rings. The number of likely N-dealkylation sites (tertiary alicyclic amines) is 1. The molecule has 0 bridgehead atoms. The molecule has 1 atom stereocenters. The topological polar surface area (TPSA) is 158 Å². The molecule has 52 heavy (non-hydrogen) atoms. The third-order valence-corrected chi connectivity index (χ3v) is 9.68. The zero-order chi connectivity index (χ0) is 37.7. The highest BCUT2D eigenvalue weighted by Gasteiger charge is 2.31. The standard InChI is InChI=1S/C25H39N7O2S.C10H13F3N4/c1-18(15-32-16-24(35)19(2)29-32)14-31-10-7-20(8-11-31)21-4-5-22(23(12-21)30(3)26)13-28-25(34)6-9-27-17-33;11-10(12,13)7-5-15-9(16-6-7)17-8-1-3-14-4-2-8/h4-5,12,16-18,20,35H,6-11,13-15,26H2,1-3H3,(H,27,33)(H,28,34);5-6,8,14H,1-4H2,(H,15,16,17). The van der Waals surface area contributed by atoms with Crippen molar-refractivity contribution >= 4 is 36.6 Å². The number of carbonyl (C=O) groups is 2. The maximum Gasteiger partial charge on any atom is 0.419 e. The summed E-state index contributed by atoms with van der Waals surface area (Å²) in [5.74, 6) is 7.28. The van der Waals surface area contributed by atoms with E-state index in [4.69, 9.17) is 5.84 Å². The van der Waals surface area contributed by atoms with Gasteiger partial charge in [0.05, 0.1) is 16.9 Å². The van der Waals surface area contributed by atoms with Crippen LogP contribution < -0.4 is 32.1 Å². The van der Waals surface area contributed by atoms with E-state index in [2.05, 4.69) is 79.0 Å². The molecule has 3 aromatic rings. The summed E-state index contributed by atoms with van der Waals surface area (Å²) >= 11 is 4.44. The molecule has 1 unspecified atom stereocenters. The number of nitrogens with two attached hydrogens (primary N) is 1. The largest absolute Gasteiger partial charge is 0.419 e. The average molecular weight is 748 g/mol. The van der Waals surface area contributed by atoms with E-state index in [1.807, 2.05) is 24.9 Å². The van der Waals surface area contributed by atoms with E-state index >= 15 is 0 Å². The summed E-state index contributed by atoms with van der Waals surface area (Å²) in [6.45, 7) is 10.9. The summed E-state index contributed by atoms with van der Waals surface area (Å²) in [7, 11) is 1.82. The van der Waals surface area contributed by atoms with Crippen molar-refractivity contribution in [2.24, 2.45) is 11.8 Å². The number of carbonyl (C=O) groups excluding carboxylic acids is 2. The monoisotopic (exact) mass is 747 g/mol. The van der Waals surface area contributed by atoms with Gasteiger partial charge in [-0.2, -0.15) is 18.3 Å². The van der Waals surface area contributed by atoms with Crippen molar-refractivity contribution in [1.82, 2.24) is 40.6 Å². The number of halogens is 3. The van der Waals surface area contributed by atoms with Gasteiger partial charge in [0.1, 0.15) is 0 Å². The molecule has 0 aliphatic carbocycles. The first-order chi connectivity index (χ1) is 24.8. The molecule has 2 saturated heterocycles. The highest BCUT2D eigenvalue weighted by molar-refractivity contribution is 7.80. The molecular formula is C35H52F3N11O2S. The minimum absolute atomic E-state index is 0.107. The maximum atomic E-state index is 12.3. The Morgan fingerprint density at radius 1 is 1.15 bits per heavy atom. The fourth-order valence-corrected chi connectivity index (χ4v) is 6.58. The summed E-state index contributed by atoms with van der Waals surface area (Å²) in [5.41, 5.74) is 3.34. The number of hydrogen-bond acceptors (Lipinski definition) is 11. The second kappa shape index (κ2) is 19.8. The average Bonchev–Trinajstić information content (AvgIpc) is 3.43. The van der Waals surface area contributed by atoms with Crippen molar-refractivity contribution in [3.8, 4) is 0 Å². The lowest BCUT2D eigenvalue weighted by molar-refractivity contribution is -0.138.